The van der Waals surface area contributed by atoms with Gasteiger partial charge in [-0.15, -0.1) is 0 Å². The third kappa shape index (κ3) is 3.51. The maximum Gasteiger partial charge on any atom is 0.271 e. The normalized spacial score (nSPS) is 18.8. The van der Waals surface area contributed by atoms with E-state index in [1.165, 1.54) is 31.4 Å². The minimum absolute atomic E-state index is 0.0471. The molecule has 5 nitrogen and oxygen atoms in total. The highest BCUT2D eigenvalue weighted by molar-refractivity contribution is 5.92. The van der Waals surface area contributed by atoms with Crippen molar-refractivity contribution >= 4 is 5.91 Å². The molecule has 122 valence electrons. The van der Waals surface area contributed by atoms with Gasteiger partial charge in [-0.05, 0) is 59.6 Å². The van der Waals surface area contributed by atoms with Gasteiger partial charge in [-0.2, -0.15) is 5.10 Å². The SMILES string of the molecule is CN(CCNC(=O)c1cc(C2CC2)n(C(C)(C)C)n1)C1CC1. The Balaban J connectivity index is 1.62. The molecule has 1 aromatic heterocycles. The Morgan fingerprint density at radius 3 is 2.59 bits per heavy atom. The molecule has 22 heavy (non-hydrogen) atoms. The summed E-state index contributed by atoms with van der Waals surface area (Å²) in [4.78, 5) is 14.7. The molecule has 2 aliphatic carbocycles. The van der Waals surface area contributed by atoms with E-state index >= 15 is 0 Å². The first-order valence-corrected chi connectivity index (χ1v) is 8.45. The van der Waals surface area contributed by atoms with Crippen LogP contribution in [0.25, 0.3) is 0 Å². The van der Waals surface area contributed by atoms with E-state index in [0.29, 0.717) is 18.2 Å². The number of nitrogens with zero attached hydrogens (tertiary/aromatic N) is 3. The van der Waals surface area contributed by atoms with Gasteiger partial charge >= 0.3 is 0 Å². The molecule has 1 N–H and O–H groups in total. The Bertz CT molecular complexity index is 549. The van der Waals surface area contributed by atoms with Crippen molar-refractivity contribution in [1.82, 2.24) is 20.0 Å². The molecule has 0 atom stereocenters. The molecule has 0 unspecified atom stereocenters. The molecule has 0 radical (unpaired) electrons. The van der Waals surface area contributed by atoms with Gasteiger partial charge in [0.2, 0.25) is 0 Å². The van der Waals surface area contributed by atoms with Crippen LogP contribution in [0.4, 0.5) is 0 Å². The van der Waals surface area contributed by atoms with Gasteiger partial charge in [0.1, 0.15) is 5.69 Å². The molecule has 1 aromatic rings. The second-order valence-corrected chi connectivity index (χ2v) is 7.78. The van der Waals surface area contributed by atoms with Crippen molar-refractivity contribution in [3.8, 4) is 0 Å². The van der Waals surface area contributed by atoms with Crippen LogP contribution in [0.2, 0.25) is 0 Å². The van der Waals surface area contributed by atoms with Crippen molar-refractivity contribution in [2.24, 2.45) is 0 Å². The predicted molar refractivity (Wildman–Crippen MR) is 87.2 cm³/mol. The average molecular weight is 304 g/mol. The molecule has 0 aliphatic heterocycles. The molecule has 2 aliphatic rings. The number of likely N-dealkylation sites (N-methyl/N-ethyl adjacent to an activating group) is 1. The molecule has 5 heteroatoms. The first kappa shape index (κ1) is 15.5. The zero-order valence-electron chi connectivity index (χ0n) is 14.2. The predicted octanol–water partition coefficient (Wildman–Crippen LogP) is 2.34. The minimum atomic E-state index is -0.0807. The summed E-state index contributed by atoms with van der Waals surface area (Å²) in [5, 5.41) is 7.59. The fraction of sp³-hybridized carbons (Fsp3) is 0.765. The van der Waals surface area contributed by atoms with Crippen LogP contribution in [0, 0.1) is 0 Å². The third-order valence-corrected chi connectivity index (χ3v) is 4.52. The van der Waals surface area contributed by atoms with Gasteiger partial charge in [0.05, 0.1) is 5.54 Å². The van der Waals surface area contributed by atoms with E-state index in [9.17, 15) is 4.79 Å². The minimum Gasteiger partial charge on any atom is -0.349 e. The van der Waals surface area contributed by atoms with Crippen molar-refractivity contribution in [2.75, 3.05) is 20.1 Å². The highest BCUT2D eigenvalue weighted by Crippen LogP contribution is 2.41. The van der Waals surface area contributed by atoms with Gasteiger partial charge in [-0.3, -0.25) is 9.48 Å². The van der Waals surface area contributed by atoms with Crippen molar-refractivity contribution in [3.63, 3.8) is 0 Å². The third-order valence-electron chi connectivity index (χ3n) is 4.52. The monoisotopic (exact) mass is 304 g/mol. The summed E-state index contributed by atoms with van der Waals surface area (Å²) in [5.41, 5.74) is 1.70. The molecule has 2 fully saturated rings. The maximum atomic E-state index is 12.3. The zero-order chi connectivity index (χ0) is 15.9. The number of carbonyl (C=O) groups excluding carboxylic acids is 1. The summed E-state index contributed by atoms with van der Waals surface area (Å²) in [7, 11) is 2.13. The number of hydrogen-bond acceptors (Lipinski definition) is 3. The summed E-state index contributed by atoms with van der Waals surface area (Å²) in [5.74, 6) is 0.545. The summed E-state index contributed by atoms with van der Waals surface area (Å²) < 4.78 is 2.04. The van der Waals surface area contributed by atoms with Gasteiger partial charge in [0, 0.05) is 30.7 Å². The van der Waals surface area contributed by atoms with Crippen LogP contribution in [0.15, 0.2) is 6.07 Å². The second kappa shape index (κ2) is 5.69. The quantitative estimate of drug-likeness (QED) is 0.877. The summed E-state index contributed by atoms with van der Waals surface area (Å²) in [6.07, 6.45) is 5.03. The lowest BCUT2D eigenvalue weighted by atomic mass is 10.1. The van der Waals surface area contributed by atoms with Crippen molar-refractivity contribution in [3.05, 3.63) is 17.5 Å². The smallest absolute Gasteiger partial charge is 0.271 e. The highest BCUT2D eigenvalue weighted by Gasteiger charge is 2.32. The van der Waals surface area contributed by atoms with E-state index in [4.69, 9.17) is 0 Å². The number of rotatable bonds is 6. The Morgan fingerprint density at radius 2 is 2.05 bits per heavy atom. The lowest BCUT2D eigenvalue weighted by Gasteiger charge is -2.22. The molecule has 2 saturated carbocycles. The fourth-order valence-electron chi connectivity index (χ4n) is 2.85. The summed E-state index contributed by atoms with van der Waals surface area (Å²) in [6.45, 7) is 8.01. The molecule has 0 bridgehead atoms. The van der Waals surface area contributed by atoms with Crippen molar-refractivity contribution < 1.29 is 4.79 Å². The molecular weight excluding hydrogens is 276 g/mol. The number of aromatic nitrogens is 2. The Kier molecular flexibility index (Phi) is 4.02. The fourth-order valence-corrected chi connectivity index (χ4v) is 2.85. The molecule has 1 amide bonds. The van der Waals surface area contributed by atoms with Crippen LogP contribution in [0.3, 0.4) is 0 Å². The second-order valence-electron chi connectivity index (χ2n) is 7.78. The largest absolute Gasteiger partial charge is 0.349 e. The highest BCUT2D eigenvalue weighted by atomic mass is 16.1. The van der Waals surface area contributed by atoms with Crippen LogP contribution >= 0.6 is 0 Å². The molecule has 0 saturated heterocycles. The van der Waals surface area contributed by atoms with Gasteiger partial charge < -0.3 is 10.2 Å². The van der Waals surface area contributed by atoms with E-state index in [1.54, 1.807) is 0 Å². The number of nitrogens with one attached hydrogen (secondary N) is 1. The van der Waals surface area contributed by atoms with Crippen LogP contribution in [-0.4, -0.2) is 46.8 Å². The molecule has 0 spiro atoms. The van der Waals surface area contributed by atoms with Gasteiger partial charge in [-0.25, -0.2) is 0 Å². The summed E-state index contributed by atoms with van der Waals surface area (Å²) >= 11 is 0. The van der Waals surface area contributed by atoms with E-state index < -0.39 is 0 Å². The lowest BCUT2D eigenvalue weighted by molar-refractivity contribution is 0.0943. The van der Waals surface area contributed by atoms with Gasteiger partial charge in [0.15, 0.2) is 0 Å². The van der Waals surface area contributed by atoms with E-state index in [1.807, 2.05) is 10.7 Å². The average Bonchev–Trinajstić information content (AvgIpc) is 3.34. The molecule has 3 rings (SSSR count). The Hall–Kier alpha value is -1.36. The number of carbonyl (C=O) groups is 1. The zero-order valence-corrected chi connectivity index (χ0v) is 14.2. The number of hydrogen-bond donors (Lipinski definition) is 1. The lowest BCUT2D eigenvalue weighted by Crippen LogP contribution is -2.34. The Morgan fingerprint density at radius 1 is 1.36 bits per heavy atom. The summed E-state index contributed by atoms with van der Waals surface area (Å²) in [6, 6.07) is 2.72. The van der Waals surface area contributed by atoms with Gasteiger partial charge in [-0.1, -0.05) is 0 Å². The van der Waals surface area contributed by atoms with Crippen molar-refractivity contribution in [2.45, 2.75) is 64.0 Å². The first-order chi connectivity index (χ1) is 10.4. The molecule has 0 aromatic carbocycles. The topological polar surface area (TPSA) is 50.2 Å². The van der Waals surface area contributed by atoms with E-state index in [2.05, 4.69) is 43.1 Å². The molecule has 1 heterocycles. The Labute approximate surface area is 133 Å². The van der Waals surface area contributed by atoms with Crippen LogP contribution < -0.4 is 5.32 Å². The van der Waals surface area contributed by atoms with Crippen LogP contribution in [0.5, 0.6) is 0 Å². The van der Waals surface area contributed by atoms with E-state index in [0.717, 1.165) is 12.6 Å². The molecular formula is C17H28N4O. The standard InChI is InChI=1S/C17H28N4O/c1-17(2,3)21-15(12-5-6-12)11-14(19-21)16(22)18-9-10-20(4)13-7-8-13/h11-13H,5-10H2,1-4H3,(H,18,22). The number of amides is 1. The first-order valence-electron chi connectivity index (χ1n) is 8.45. The maximum absolute atomic E-state index is 12.3. The van der Waals surface area contributed by atoms with E-state index in [-0.39, 0.29) is 11.4 Å². The van der Waals surface area contributed by atoms with Crippen LogP contribution in [0.1, 0.15) is 68.6 Å². The van der Waals surface area contributed by atoms with Crippen LogP contribution in [-0.2, 0) is 5.54 Å². The van der Waals surface area contributed by atoms with Crippen molar-refractivity contribution in [1.29, 1.82) is 0 Å². The van der Waals surface area contributed by atoms with Gasteiger partial charge in [0.25, 0.3) is 5.91 Å².